The van der Waals surface area contributed by atoms with E-state index in [-0.39, 0.29) is 11.5 Å². The molecule has 1 atom stereocenters. The van der Waals surface area contributed by atoms with Crippen LogP contribution in [0.4, 0.5) is 0 Å². The SMILES string of the molecule is CC(C)(C)C(N)c1ccc2c(c1)-c1ccccc1C2. The summed E-state index contributed by atoms with van der Waals surface area (Å²) in [5, 5.41) is 0. The molecule has 0 bridgehead atoms. The van der Waals surface area contributed by atoms with E-state index in [1.807, 2.05) is 0 Å². The molecule has 0 fully saturated rings. The van der Waals surface area contributed by atoms with E-state index < -0.39 is 0 Å². The lowest BCUT2D eigenvalue weighted by Crippen LogP contribution is -2.26. The molecule has 0 aliphatic heterocycles. The Morgan fingerprint density at radius 3 is 2.37 bits per heavy atom. The van der Waals surface area contributed by atoms with Gasteiger partial charge in [0.2, 0.25) is 0 Å². The van der Waals surface area contributed by atoms with Crippen molar-refractivity contribution in [2.75, 3.05) is 0 Å². The lowest BCUT2D eigenvalue weighted by molar-refractivity contribution is 0.327. The monoisotopic (exact) mass is 251 g/mol. The number of hydrogen-bond acceptors (Lipinski definition) is 1. The third-order valence-electron chi connectivity index (χ3n) is 4.11. The second kappa shape index (κ2) is 4.21. The number of rotatable bonds is 1. The topological polar surface area (TPSA) is 26.0 Å². The Morgan fingerprint density at radius 2 is 1.63 bits per heavy atom. The number of nitrogens with two attached hydrogens (primary N) is 1. The van der Waals surface area contributed by atoms with E-state index in [0.717, 1.165) is 6.42 Å². The van der Waals surface area contributed by atoms with Gasteiger partial charge in [-0.05, 0) is 45.7 Å². The van der Waals surface area contributed by atoms with E-state index in [9.17, 15) is 0 Å². The van der Waals surface area contributed by atoms with Gasteiger partial charge in [0.25, 0.3) is 0 Å². The first kappa shape index (κ1) is 12.4. The molecule has 1 aliphatic carbocycles. The summed E-state index contributed by atoms with van der Waals surface area (Å²) in [6, 6.07) is 15.5. The lowest BCUT2D eigenvalue weighted by atomic mass is 9.82. The van der Waals surface area contributed by atoms with Gasteiger partial charge in [-0.25, -0.2) is 0 Å². The molecule has 98 valence electrons. The zero-order chi connectivity index (χ0) is 13.6. The minimum Gasteiger partial charge on any atom is -0.324 e. The van der Waals surface area contributed by atoms with Crippen LogP contribution in [0.2, 0.25) is 0 Å². The molecular formula is C18H21N. The van der Waals surface area contributed by atoms with Crippen LogP contribution in [-0.2, 0) is 6.42 Å². The van der Waals surface area contributed by atoms with Gasteiger partial charge in [-0.15, -0.1) is 0 Å². The van der Waals surface area contributed by atoms with Crippen LogP contribution in [0.15, 0.2) is 42.5 Å². The molecule has 0 spiro atoms. The normalized spacial score (nSPS) is 14.9. The molecule has 2 N–H and O–H groups in total. The Kier molecular flexibility index (Phi) is 2.75. The fourth-order valence-electron chi connectivity index (χ4n) is 2.83. The highest BCUT2D eigenvalue weighted by Crippen LogP contribution is 2.39. The maximum atomic E-state index is 6.39. The molecule has 2 aromatic carbocycles. The Balaban J connectivity index is 2.07. The van der Waals surface area contributed by atoms with Crippen molar-refractivity contribution < 1.29 is 0 Å². The number of benzene rings is 2. The largest absolute Gasteiger partial charge is 0.324 e. The first-order valence-corrected chi connectivity index (χ1v) is 6.93. The predicted octanol–water partition coefficient (Wildman–Crippen LogP) is 4.30. The minimum atomic E-state index is 0.0746. The fourth-order valence-corrected chi connectivity index (χ4v) is 2.83. The van der Waals surface area contributed by atoms with Crippen molar-refractivity contribution >= 4 is 0 Å². The van der Waals surface area contributed by atoms with Gasteiger partial charge in [0, 0.05) is 6.04 Å². The second-order valence-electron chi connectivity index (χ2n) is 6.59. The Labute approximate surface area is 115 Å². The van der Waals surface area contributed by atoms with Crippen LogP contribution in [0, 0.1) is 5.41 Å². The molecule has 0 aromatic heterocycles. The van der Waals surface area contributed by atoms with Gasteiger partial charge >= 0.3 is 0 Å². The van der Waals surface area contributed by atoms with Gasteiger partial charge in [0.15, 0.2) is 0 Å². The molecule has 19 heavy (non-hydrogen) atoms. The third-order valence-corrected chi connectivity index (χ3v) is 4.11. The van der Waals surface area contributed by atoms with Crippen molar-refractivity contribution in [1.82, 2.24) is 0 Å². The van der Waals surface area contributed by atoms with Crippen LogP contribution in [-0.4, -0.2) is 0 Å². The second-order valence-corrected chi connectivity index (χ2v) is 6.59. The number of hydrogen-bond donors (Lipinski definition) is 1. The van der Waals surface area contributed by atoms with E-state index in [1.165, 1.54) is 27.8 Å². The molecule has 0 saturated heterocycles. The standard InChI is InChI=1S/C18H21N/c1-18(2,3)17(19)14-9-8-13-10-12-6-4-5-7-15(12)16(13)11-14/h4-9,11,17H,10,19H2,1-3H3. The highest BCUT2D eigenvalue weighted by molar-refractivity contribution is 5.77. The molecule has 0 heterocycles. The van der Waals surface area contributed by atoms with E-state index in [1.54, 1.807) is 0 Å². The van der Waals surface area contributed by atoms with Crippen molar-refractivity contribution in [3.05, 3.63) is 59.2 Å². The maximum absolute atomic E-state index is 6.39. The Morgan fingerprint density at radius 1 is 0.947 bits per heavy atom. The summed E-state index contributed by atoms with van der Waals surface area (Å²) in [7, 11) is 0. The summed E-state index contributed by atoms with van der Waals surface area (Å²) in [5.41, 5.74) is 13.3. The summed E-state index contributed by atoms with van der Waals surface area (Å²) in [6.45, 7) is 6.58. The van der Waals surface area contributed by atoms with Crippen molar-refractivity contribution in [3.63, 3.8) is 0 Å². The average Bonchev–Trinajstić information content (AvgIpc) is 2.74. The number of fused-ring (bicyclic) bond motifs is 3. The molecule has 0 amide bonds. The highest BCUT2D eigenvalue weighted by atomic mass is 14.7. The van der Waals surface area contributed by atoms with E-state index in [2.05, 4.69) is 63.2 Å². The quantitative estimate of drug-likeness (QED) is 0.685. The molecule has 1 nitrogen and oxygen atoms in total. The lowest BCUT2D eigenvalue weighted by Gasteiger charge is -2.27. The summed E-state index contributed by atoms with van der Waals surface area (Å²) in [4.78, 5) is 0. The molecule has 0 radical (unpaired) electrons. The van der Waals surface area contributed by atoms with Crippen LogP contribution < -0.4 is 5.73 Å². The van der Waals surface area contributed by atoms with Crippen LogP contribution in [0.1, 0.15) is 43.5 Å². The smallest absolute Gasteiger partial charge is 0.0344 e. The van der Waals surface area contributed by atoms with E-state index in [0.29, 0.717) is 0 Å². The van der Waals surface area contributed by atoms with Crippen LogP contribution in [0.5, 0.6) is 0 Å². The Bertz CT molecular complexity index is 620. The molecule has 2 aromatic rings. The van der Waals surface area contributed by atoms with Crippen molar-refractivity contribution in [1.29, 1.82) is 0 Å². The zero-order valence-corrected chi connectivity index (χ0v) is 11.9. The van der Waals surface area contributed by atoms with E-state index in [4.69, 9.17) is 5.73 Å². The summed E-state index contributed by atoms with van der Waals surface area (Å²) in [5.74, 6) is 0. The summed E-state index contributed by atoms with van der Waals surface area (Å²) in [6.07, 6.45) is 1.05. The molecule has 3 rings (SSSR count). The van der Waals surface area contributed by atoms with Crippen LogP contribution in [0.3, 0.4) is 0 Å². The maximum Gasteiger partial charge on any atom is 0.0344 e. The predicted molar refractivity (Wildman–Crippen MR) is 81.1 cm³/mol. The van der Waals surface area contributed by atoms with Crippen molar-refractivity contribution in [3.8, 4) is 11.1 Å². The van der Waals surface area contributed by atoms with Gasteiger partial charge in [-0.2, -0.15) is 0 Å². The van der Waals surface area contributed by atoms with Crippen LogP contribution in [0.25, 0.3) is 11.1 Å². The minimum absolute atomic E-state index is 0.0746. The summed E-state index contributed by atoms with van der Waals surface area (Å²) < 4.78 is 0. The van der Waals surface area contributed by atoms with E-state index >= 15 is 0 Å². The molecular weight excluding hydrogens is 230 g/mol. The molecule has 1 aliphatic rings. The first-order chi connectivity index (χ1) is 8.97. The summed E-state index contributed by atoms with van der Waals surface area (Å²) >= 11 is 0. The zero-order valence-electron chi connectivity index (χ0n) is 11.9. The molecule has 1 heteroatoms. The highest BCUT2D eigenvalue weighted by Gasteiger charge is 2.24. The first-order valence-electron chi connectivity index (χ1n) is 6.93. The average molecular weight is 251 g/mol. The van der Waals surface area contributed by atoms with Gasteiger partial charge in [-0.3, -0.25) is 0 Å². The van der Waals surface area contributed by atoms with Crippen molar-refractivity contribution in [2.24, 2.45) is 11.1 Å². The van der Waals surface area contributed by atoms with Gasteiger partial charge < -0.3 is 5.73 Å². The van der Waals surface area contributed by atoms with Crippen LogP contribution >= 0.6 is 0 Å². The van der Waals surface area contributed by atoms with Gasteiger partial charge in [-0.1, -0.05) is 57.2 Å². The molecule has 1 unspecified atom stereocenters. The molecule has 0 saturated carbocycles. The van der Waals surface area contributed by atoms with Gasteiger partial charge in [0.1, 0.15) is 0 Å². The third kappa shape index (κ3) is 2.08. The van der Waals surface area contributed by atoms with Gasteiger partial charge in [0.05, 0.1) is 0 Å². The fraction of sp³-hybridized carbons (Fsp3) is 0.333. The Hall–Kier alpha value is -1.60. The van der Waals surface area contributed by atoms with Crippen molar-refractivity contribution in [2.45, 2.75) is 33.2 Å².